The minimum Gasteiger partial charge on any atom is -0.497 e. The summed E-state index contributed by atoms with van der Waals surface area (Å²) in [5, 5.41) is 12.0. The topological polar surface area (TPSA) is 84.9 Å². The number of aliphatic carboxylic acids is 1. The first kappa shape index (κ1) is 20.6. The third-order valence-corrected chi connectivity index (χ3v) is 4.93. The highest BCUT2D eigenvalue weighted by molar-refractivity contribution is 8.00. The lowest BCUT2D eigenvalue weighted by atomic mass is 10.0. The van der Waals surface area contributed by atoms with E-state index in [0.29, 0.717) is 17.1 Å². The van der Waals surface area contributed by atoms with Crippen LogP contribution < -0.4 is 14.8 Å². The van der Waals surface area contributed by atoms with E-state index < -0.39 is 12.0 Å². The molecule has 0 aliphatic heterocycles. The molecule has 0 aromatic heterocycles. The molecule has 0 saturated carbocycles. The normalized spacial score (nSPS) is 11.5. The molecule has 1 atom stereocenters. The minimum absolute atomic E-state index is 0.192. The fourth-order valence-electron chi connectivity index (χ4n) is 2.54. The Bertz CT molecular complexity index is 791. The number of thioether (sulfide) groups is 1. The first-order valence-electron chi connectivity index (χ1n) is 8.35. The quantitative estimate of drug-likeness (QED) is 0.639. The molecule has 0 bridgehead atoms. The van der Waals surface area contributed by atoms with Gasteiger partial charge in [-0.05, 0) is 31.2 Å². The molecule has 0 radical (unpaired) electrons. The number of rotatable bonds is 9. The Balaban J connectivity index is 2.10. The van der Waals surface area contributed by atoms with Gasteiger partial charge in [-0.3, -0.25) is 9.59 Å². The van der Waals surface area contributed by atoms with Crippen molar-refractivity contribution < 1.29 is 24.2 Å². The Labute approximate surface area is 162 Å². The summed E-state index contributed by atoms with van der Waals surface area (Å²) >= 11 is 1.40. The molecule has 2 N–H and O–H groups in total. The second kappa shape index (κ2) is 9.87. The van der Waals surface area contributed by atoms with E-state index in [0.717, 1.165) is 10.5 Å². The van der Waals surface area contributed by atoms with Crippen LogP contribution in [0.3, 0.4) is 0 Å². The number of hydrogen-bond donors (Lipinski definition) is 2. The molecule has 0 heterocycles. The number of carbonyl (C=O) groups is 2. The van der Waals surface area contributed by atoms with Gasteiger partial charge in [0.15, 0.2) is 0 Å². The highest BCUT2D eigenvalue weighted by atomic mass is 32.2. The van der Waals surface area contributed by atoms with Crippen molar-refractivity contribution in [1.29, 1.82) is 0 Å². The highest BCUT2D eigenvalue weighted by Gasteiger charge is 2.22. The Hall–Kier alpha value is -2.67. The number of carboxylic acids is 1. The lowest BCUT2D eigenvalue weighted by Crippen LogP contribution is -2.31. The van der Waals surface area contributed by atoms with Gasteiger partial charge in [-0.25, -0.2) is 0 Å². The van der Waals surface area contributed by atoms with Crippen molar-refractivity contribution in [3.8, 4) is 11.5 Å². The second-order valence-electron chi connectivity index (χ2n) is 5.93. The number of carboxylic acid groups (broad SMARTS) is 1. The van der Waals surface area contributed by atoms with Crippen LogP contribution in [0.1, 0.15) is 23.6 Å². The van der Waals surface area contributed by atoms with Crippen LogP contribution >= 0.6 is 11.8 Å². The summed E-state index contributed by atoms with van der Waals surface area (Å²) in [6.45, 7) is 2.00. The molecule has 0 spiro atoms. The highest BCUT2D eigenvalue weighted by Crippen LogP contribution is 2.31. The monoisotopic (exact) mass is 389 g/mol. The molecule has 27 heavy (non-hydrogen) atoms. The molecule has 2 aromatic carbocycles. The molecular formula is C20H23NO5S. The number of aryl methyl sites for hydroxylation is 1. The smallest absolute Gasteiger partial charge is 0.305 e. The van der Waals surface area contributed by atoms with Crippen molar-refractivity contribution in [1.82, 2.24) is 5.32 Å². The number of benzene rings is 2. The molecular weight excluding hydrogens is 366 g/mol. The van der Waals surface area contributed by atoms with E-state index in [1.165, 1.54) is 26.0 Å². The maximum atomic E-state index is 12.4. The fourth-order valence-corrected chi connectivity index (χ4v) is 3.25. The number of hydrogen-bond acceptors (Lipinski definition) is 5. The summed E-state index contributed by atoms with van der Waals surface area (Å²) in [5.74, 6) is -0.00967. The van der Waals surface area contributed by atoms with Crippen molar-refractivity contribution in [2.24, 2.45) is 0 Å². The molecule has 0 aliphatic rings. The van der Waals surface area contributed by atoms with Gasteiger partial charge in [0, 0.05) is 16.5 Å². The maximum absolute atomic E-state index is 12.4. The van der Waals surface area contributed by atoms with Crippen molar-refractivity contribution >= 4 is 23.6 Å². The van der Waals surface area contributed by atoms with Gasteiger partial charge in [0.05, 0.1) is 32.4 Å². The van der Waals surface area contributed by atoms with Crippen LogP contribution in [-0.4, -0.2) is 37.0 Å². The van der Waals surface area contributed by atoms with Crippen LogP contribution in [0.15, 0.2) is 47.4 Å². The van der Waals surface area contributed by atoms with Crippen molar-refractivity contribution in [3.63, 3.8) is 0 Å². The van der Waals surface area contributed by atoms with Gasteiger partial charge in [0.2, 0.25) is 5.91 Å². The SMILES string of the molecule is COc1ccc(C(CC(=O)O)NC(=O)CSc2ccc(C)cc2)c(OC)c1. The Morgan fingerprint density at radius 1 is 1.11 bits per heavy atom. The van der Waals surface area contributed by atoms with Gasteiger partial charge in [-0.15, -0.1) is 11.8 Å². The zero-order valence-electron chi connectivity index (χ0n) is 15.5. The van der Waals surface area contributed by atoms with Gasteiger partial charge in [-0.1, -0.05) is 17.7 Å². The average molecular weight is 389 g/mol. The third-order valence-electron chi connectivity index (χ3n) is 3.92. The molecule has 144 valence electrons. The van der Waals surface area contributed by atoms with Gasteiger partial charge in [0.25, 0.3) is 0 Å². The van der Waals surface area contributed by atoms with Crippen LogP contribution in [0.25, 0.3) is 0 Å². The van der Waals surface area contributed by atoms with E-state index in [1.807, 2.05) is 31.2 Å². The molecule has 1 unspecified atom stereocenters. The number of amides is 1. The van der Waals surface area contributed by atoms with Gasteiger partial charge in [-0.2, -0.15) is 0 Å². The van der Waals surface area contributed by atoms with Gasteiger partial charge < -0.3 is 19.9 Å². The number of methoxy groups -OCH3 is 2. The van der Waals surface area contributed by atoms with E-state index in [2.05, 4.69) is 5.32 Å². The summed E-state index contributed by atoms with van der Waals surface area (Å²) in [6.07, 6.45) is -0.246. The molecule has 0 aliphatic carbocycles. The Kier molecular flexibility index (Phi) is 7.55. The van der Waals surface area contributed by atoms with E-state index in [9.17, 15) is 14.7 Å². The summed E-state index contributed by atoms with van der Waals surface area (Å²) in [6, 6.07) is 12.2. The van der Waals surface area contributed by atoms with Gasteiger partial charge >= 0.3 is 5.97 Å². The summed E-state index contributed by atoms with van der Waals surface area (Å²) in [7, 11) is 3.03. The summed E-state index contributed by atoms with van der Waals surface area (Å²) in [4.78, 5) is 24.6. The number of ether oxygens (including phenoxy) is 2. The molecule has 0 saturated heterocycles. The largest absolute Gasteiger partial charge is 0.497 e. The fraction of sp³-hybridized carbons (Fsp3) is 0.300. The standard InChI is InChI=1S/C20H23NO5S/c1-13-4-7-15(8-5-13)27-12-19(22)21-17(11-20(23)24)16-9-6-14(25-2)10-18(16)26-3/h4-10,17H,11-12H2,1-3H3,(H,21,22)(H,23,24). The van der Waals surface area contributed by atoms with E-state index in [-0.39, 0.29) is 18.1 Å². The van der Waals surface area contributed by atoms with E-state index in [4.69, 9.17) is 9.47 Å². The average Bonchev–Trinajstić information content (AvgIpc) is 2.66. The van der Waals surface area contributed by atoms with Crippen LogP contribution in [0.5, 0.6) is 11.5 Å². The molecule has 6 nitrogen and oxygen atoms in total. The predicted octanol–water partition coefficient (Wildman–Crippen LogP) is 3.44. The predicted molar refractivity (Wildman–Crippen MR) is 105 cm³/mol. The van der Waals surface area contributed by atoms with E-state index in [1.54, 1.807) is 18.2 Å². The molecule has 2 aromatic rings. The Morgan fingerprint density at radius 2 is 1.81 bits per heavy atom. The zero-order valence-corrected chi connectivity index (χ0v) is 16.3. The Morgan fingerprint density at radius 3 is 2.41 bits per heavy atom. The van der Waals surface area contributed by atoms with Crippen molar-refractivity contribution in [2.75, 3.05) is 20.0 Å². The first-order valence-corrected chi connectivity index (χ1v) is 9.34. The van der Waals surface area contributed by atoms with Crippen LogP contribution in [-0.2, 0) is 9.59 Å². The van der Waals surface area contributed by atoms with Crippen LogP contribution in [0, 0.1) is 6.92 Å². The van der Waals surface area contributed by atoms with Crippen molar-refractivity contribution in [3.05, 3.63) is 53.6 Å². The lowest BCUT2D eigenvalue weighted by Gasteiger charge is -2.20. The van der Waals surface area contributed by atoms with Crippen LogP contribution in [0.4, 0.5) is 0 Å². The third kappa shape index (κ3) is 6.21. The van der Waals surface area contributed by atoms with Crippen molar-refractivity contribution in [2.45, 2.75) is 24.3 Å². The lowest BCUT2D eigenvalue weighted by molar-refractivity contribution is -0.137. The minimum atomic E-state index is -1.01. The first-order chi connectivity index (χ1) is 12.9. The van der Waals surface area contributed by atoms with E-state index >= 15 is 0 Å². The van der Waals surface area contributed by atoms with Crippen LogP contribution in [0.2, 0.25) is 0 Å². The second-order valence-corrected chi connectivity index (χ2v) is 6.98. The maximum Gasteiger partial charge on any atom is 0.305 e. The molecule has 0 fully saturated rings. The number of nitrogens with one attached hydrogen (secondary N) is 1. The zero-order chi connectivity index (χ0) is 19.8. The van der Waals surface area contributed by atoms with Gasteiger partial charge in [0.1, 0.15) is 11.5 Å². The molecule has 2 rings (SSSR count). The molecule has 7 heteroatoms. The summed E-state index contributed by atoms with van der Waals surface area (Å²) in [5.41, 5.74) is 1.74. The number of carbonyl (C=O) groups excluding carboxylic acids is 1. The molecule has 1 amide bonds. The summed E-state index contributed by atoms with van der Waals surface area (Å²) < 4.78 is 10.5.